The van der Waals surface area contributed by atoms with Gasteiger partial charge in [-0.05, 0) is 31.5 Å². The van der Waals surface area contributed by atoms with Crippen LogP contribution in [-0.4, -0.2) is 38.9 Å². The van der Waals surface area contributed by atoms with Gasteiger partial charge in [-0.15, -0.1) is 0 Å². The predicted octanol–water partition coefficient (Wildman–Crippen LogP) is 3.66. The zero-order valence-corrected chi connectivity index (χ0v) is 15.7. The molecule has 1 aliphatic rings. The lowest BCUT2D eigenvalue weighted by atomic mass is 10.0. The van der Waals surface area contributed by atoms with E-state index in [1.165, 1.54) is 6.07 Å². The van der Waals surface area contributed by atoms with Crippen LogP contribution in [0.3, 0.4) is 0 Å². The monoisotopic (exact) mass is 391 g/mol. The van der Waals surface area contributed by atoms with Crippen molar-refractivity contribution in [2.45, 2.75) is 32.2 Å². The first-order valence-electron chi connectivity index (χ1n) is 8.96. The van der Waals surface area contributed by atoms with E-state index in [1.54, 1.807) is 16.9 Å². The third-order valence-corrected chi connectivity index (χ3v) is 4.97. The second-order valence-corrected chi connectivity index (χ2v) is 7.05. The molecule has 1 fully saturated rings. The maximum atomic E-state index is 13.1. The van der Waals surface area contributed by atoms with Crippen LogP contribution in [0, 0.1) is 6.92 Å². The van der Waals surface area contributed by atoms with Gasteiger partial charge in [0.2, 0.25) is 0 Å². The van der Waals surface area contributed by atoms with Crippen LogP contribution in [0.25, 0.3) is 11.0 Å². The van der Waals surface area contributed by atoms with E-state index in [0.29, 0.717) is 24.5 Å². The summed E-state index contributed by atoms with van der Waals surface area (Å²) >= 11 is 0. The highest BCUT2D eigenvalue weighted by Crippen LogP contribution is 2.35. The Bertz CT molecular complexity index is 1020. The molecule has 6 nitrogen and oxygen atoms in total. The number of hydrogen-bond acceptors (Lipinski definition) is 5. The molecule has 0 aliphatic carbocycles. The lowest BCUT2D eigenvalue weighted by Crippen LogP contribution is -2.45. The van der Waals surface area contributed by atoms with Gasteiger partial charge in [-0.1, -0.05) is 12.1 Å². The number of hydrogen-bond donors (Lipinski definition) is 0. The van der Waals surface area contributed by atoms with Gasteiger partial charge in [0.1, 0.15) is 17.7 Å². The summed E-state index contributed by atoms with van der Waals surface area (Å²) < 4.78 is 46.8. The summed E-state index contributed by atoms with van der Waals surface area (Å²) in [4.78, 5) is 11.1. The SMILES string of the molecule is Cc1nc(N2C[C@@H](c3cccc(C(F)(F)F)c3)OC[C@@H]2C)c2cnn(C)c2n1. The van der Waals surface area contributed by atoms with Gasteiger partial charge in [0.25, 0.3) is 0 Å². The van der Waals surface area contributed by atoms with Gasteiger partial charge in [-0.3, -0.25) is 4.68 Å². The fourth-order valence-electron chi connectivity index (χ4n) is 3.50. The fourth-order valence-corrected chi connectivity index (χ4v) is 3.50. The Balaban J connectivity index is 1.71. The molecule has 0 unspecified atom stereocenters. The van der Waals surface area contributed by atoms with Gasteiger partial charge in [0.05, 0.1) is 36.3 Å². The maximum Gasteiger partial charge on any atom is 0.416 e. The number of alkyl halides is 3. The van der Waals surface area contributed by atoms with E-state index in [2.05, 4.69) is 20.0 Å². The zero-order valence-electron chi connectivity index (χ0n) is 15.7. The van der Waals surface area contributed by atoms with Crippen LogP contribution in [0.1, 0.15) is 30.0 Å². The van der Waals surface area contributed by atoms with Crippen molar-refractivity contribution in [2.75, 3.05) is 18.1 Å². The van der Waals surface area contributed by atoms with Crippen molar-refractivity contribution in [2.24, 2.45) is 7.05 Å². The Morgan fingerprint density at radius 2 is 2.00 bits per heavy atom. The lowest BCUT2D eigenvalue weighted by molar-refractivity contribution is -0.137. The minimum atomic E-state index is -4.39. The van der Waals surface area contributed by atoms with Crippen molar-refractivity contribution in [3.63, 3.8) is 0 Å². The zero-order chi connectivity index (χ0) is 20.1. The second-order valence-electron chi connectivity index (χ2n) is 7.05. The number of ether oxygens (including phenoxy) is 1. The number of halogens is 3. The number of fused-ring (bicyclic) bond motifs is 1. The molecular formula is C19H20F3N5O. The van der Waals surface area contributed by atoms with Crippen LogP contribution in [0.5, 0.6) is 0 Å². The molecular weight excluding hydrogens is 371 g/mol. The van der Waals surface area contributed by atoms with Gasteiger partial charge < -0.3 is 9.64 Å². The fraction of sp³-hybridized carbons (Fsp3) is 0.421. The smallest absolute Gasteiger partial charge is 0.370 e. The molecule has 28 heavy (non-hydrogen) atoms. The molecule has 0 amide bonds. The second kappa shape index (κ2) is 6.73. The van der Waals surface area contributed by atoms with Crippen molar-refractivity contribution in [1.29, 1.82) is 0 Å². The molecule has 0 saturated carbocycles. The summed E-state index contributed by atoms with van der Waals surface area (Å²) in [5.74, 6) is 1.34. The molecule has 1 aromatic carbocycles. The number of rotatable bonds is 2. The highest BCUT2D eigenvalue weighted by molar-refractivity contribution is 5.87. The molecule has 1 saturated heterocycles. The number of nitrogens with zero attached hydrogens (tertiary/aromatic N) is 5. The predicted molar refractivity (Wildman–Crippen MR) is 98.0 cm³/mol. The quantitative estimate of drug-likeness (QED) is 0.667. The lowest BCUT2D eigenvalue weighted by Gasteiger charge is -2.39. The van der Waals surface area contributed by atoms with Crippen molar-refractivity contribution in [3.05, 3.63) is 47.4 Å². The van der Waals surface area contributed by atoms with E-state index in [1.807, 2.05) is 20.9 Å². The van der Waals surface area contributed by atoms with E-state index < -0.39 is 17.8 Å². The van der Waals surface area contributed by atoms with Crippen LogP contribution in [0.4, 0.5) is 19.0 Å². The molecule has 0 spiro atoms. The molecule has 9 heteroatoms. The summed E-state index contributed by atoms with van der Waals surface area (Å²) in [6.45, 7) is 4.59. The molecule has 3 heterocycles. The largest absolute Gasteiger partial charge is 0.416 e. The molecule has 3 aromatic rings. The number of aryl methyl sites for hydroxylation is 2. The number of aromatic nitrogens is 4. The van der Waals surface area contributed by atoms with Crippen molar-refractivity contribution in [1.82, 2.24) is 19.7 Å². The Labute approximate surface area is 160 Å². The third kappa shape index (κ3) is 3.30. The van der Waals surface area contributed by atoms with E-state index in [4.69, 9.17) is 4.74 Å². The number of anilines is 1. The van der Waals surface area contributed by atoms with Crippen LogP contribution in [-0.2, 0) is 18.0 Å². The molecule has 2 aromatic heterocycles. The van der Waals surface area contributed by atoms with Crippen molar-refractivity contribution >= 4 is 16.9 Å². The van der Waals surface area contributed by atoms with Gasteiger partial charge >= 0.3 is 6.18 Å². The maximum absolute atomic E-state index is 13.1. The first-order valence-corrected chi connectivity index (χ1v) is 8.96. The Kier molecular flexibility index (Phi) is 4.49. The van der Waals surface area contributed by atoms with E-state index in [0.717, 1.165) is 29.0 Å². The topological polar surface area (TPSA) is 56.1 Å². The summed E-state index contributed by atoms with van der Waals surface area (Å²) in [5, 5.41) is 5.07. The highest BCUT2D eigenvalue weighted by atomic mass is 19.4. The standard InChI is InChI=1S/C19H20F3N5O/c1-11-10-28-16(13-5-4-6-14(7-13)19(20,21)22)9-27(11)18-15-8-23-26(3)17(15)24-12(2)25-18/h4-8,11,16H,9-10H2,1-3H3/t11-,16-/m0/s1. The van der Waals surface area contributed by atoms with Crippen LogP contribution in [0.2, 0.25) is 0 Å². The highest BCUT2D eigenvalue weighted by Gasteiger charge is 2.33. The van der Waals surface area contributed by atoms with E-state index in [-0.39, 0.29) is 6.04 Å². The first kappa shape index (κ1) is 18.7. The van der Waals surface area contributed by atoms with Gasteiger partial charge in [0, 0.05) is 7.05 Å². The summed E-state index contributed by atoms with van der Waals surface area (Å²) in [7, 11) is 1.81. The van der Waals surface area contributed by atoms with E-state index in [9.17, 15) is 13.2 Å². The van der Waals surface area contributed by atoms with Crippen molar-refractivity contribution in [3.8, 4) is 0 Å². The summed E-state index contributed by atoms with van der Waals surface area (Å²) in [6.07, 6.45) is -3.16. The number of benzene rings is 1. The molecule has 0 bridgehead atoms. The molecule has 148 valence electrons. The Morgan fingerprint density at radius 1 is 1.21 bits per heavy atom. The van der Waals surface area contributed by atoms with Gasteiger partial charge in [0.15, 0.2) is 5.65 Å². The first-order chi connectivity index (χ1) is 13.2. The summed E-state index contributed by atoms with van der Waals surface area (Å²) in [6, 6.07) is 5.32. The van der Waals surface area contributed by atoms with Crippen LogP contribution in [0.15, 0.2) is 30.5 Å². The van der Waals surface area contributed by atoms with E-state index >= 15 is 0 Å². The minimum Gasteiger partial charge on any atom is -0.370 e. The van der Waals surface area contributed by atoms with Gasteiger partial charge in [-0.25, -0.2) is 9.97 Å². The average Bonchev–Trinajstić information content (AvgIpc) is 3.02. The Hall–Kier alpha value is -2.68. The number of morpholine rings is 1. The van der Waals surface area contributed by atoms with Crippen molar-refractivity contribution < 1.29 is 17.9 Å². The minimum absolute atomic E-state index is 0.0137. The normalized spacial score (nSPS) is 20.7. The average molecular weight is 391 g/mol. The molecule has 0 N–H and O–H groups in total. The van der Waals surface area contributed by atoms with Crippen LogP contribution < -0.4 is 4.90 Å². The third-order valence-electron chi connectivity index (χ3n) is 4.97. The summed E-state index contributed by atoms with van der Waals surface area (Å²) in [5.41, 5.74) is 0.544. The van der Waals surface area contributed by atoms with Crippen LogP contribution >= 0.6 is 0 Å². The molecule has 2 atom stereocenters. The molecule has 0 radical (unpaired) electrons. The molecule has 1 aliphatic heterocycles. The Morgan fingerprint density at radius 3 is 2.75 bits per heavy atom. The van der Waals surface area contributed by atoms with Gasteiger partial charge in [-0.2, -0.15) is 18.3 Å². The molecule has 4 rings (SSSR count).